The van der Waals surface area contributed by atoms with E-state index >= 15 is 0 Å². The summed E-state index contributed by atoms with van der Waals surface area (Å²) in [6.07, 6.45) is 32.9. The number of unbranched alkanes of at least 4 members (excludes halogenated alkanes) is 16. The molecule has 0 fully saturated rings. The lowest BCUT2D eigenvalue weighted by Gasteiger charge is -2.27. The Labute approximate surface area is 444 Å². The number of aliphatic hydroxyl groups is 2. The van der Waals surface area contributed by atoms with Crippen LogP contribution in [0.1, 0.15) is 187 Å². The molecule has 0 radical (unpaired) electrons. The molecule has 0 spiro atoms. The minimum absolute atomic E-state index is 0.0812. The normalized spacial score (nSPS) is 15.9. The molecule has 3 aromatic carbocycles. The van der Waals surface area contributed by atoms with E-state index < -0.39 is 5.78 Å². The van der Waals surface area contributed by atoms with Gasteiger partial charge in [-0.3, -0.25) is 9.59 Å². The number of esters is 2. The number of phenols is 1. The summed E-state index contributed by atoms with van der Waals surface area (Å²) in [6.45, 7) is 9.44. The van der Waals surface area contributed by atoms with Gasteiger partial charge in [0.05, 0.1) is 30.4 Å². The summed E-state index contributed by atoms with van der Waals surface area (Å²) in [5, 5.41) is 34.4. The molecule has 5 rings (SSSR count). The number of aromatic hydroxyl groups is 1. The first-order valence-corrected chi connectivity index (χ1v) is 28.6. The molecule has 0 aromatic heterocycles. The van der Waals surface area contributed by atoms with Gasteiger partial charge in [-0.15, -0.1) is 0 Å². The van der Waals surface area contributed by atoms with Crippen LogP contribution in [0.25, 0.3) is 5.57 Å². The molecule has 0 saturated heterocycles. The highest BCUT2D eigenvalue weighted by molar-refractivity contribution is 6.40. The van der Waals surface area contributed by atoms with E-state index in [0.717, 1.165) is 62.7 Å². The van der Waals surface area contributed by atoms with Crippen LogP contribution in [0.3, 0.4) is 0 Å². The summed E-state index contributed by atoms with van der Waals surface area (Å²) in [5.74, 6) is -1.55. The van der Waals surface area contributed by atoms with Crippen molar-refractivity contribution < 1.29 is 43.8 Å². The first-order valence-electron chi connectivity index (χ1n) is 28.6. The van der Waals surface area contributed by atoms with Crippen LogP contribution in [-0.4, -0.2) is 69.6 Å². The number of rotatable bonds is 36. The molecule has 10 nitrogen and oxygen atoms in total. The van der Waals surface area contributed by atoms with E-state index in [0.29, 0.717) is 36.4 Å². The highest BCUT2D eigenvalue weighted by atomic mass is 16.5. The van der Waals surface area contributed by atoms with E-state index in [1.165, 1.54) is 115 Å². The van der Waals surface area contributed by atoms with E-state index in [-0.39, 0.29) is 64.6 Å². The number of phenolic OH excluding ortho intramolecular Hbond substituents is 1. The third-order valence-corrected chi connectivity index (χ3v) is 14.6. The number of aliphatic hydroxyl groups excluding tert-OH is 2. The Balaban J connectivity index is 1.30. The fourth-order valence-electron chi connectivity index (χ4n) is 10.1. The summed E-state index contributed by atoms with van der Waals surface area (Å²) in [6, 6.07) is 23.5. The highest BCUT2D eigenvalue weighted by Crippen LogP contribution is 2.44. The van der Waals surface area contributed by atoms with Gasteiger partial charge in [0.15, 0.2) is 0 Å². The SMILES string of the molecule is CCCCCCCCC(CCCCCC)COC(=O)CN(c1ccccc1)c1ccc(C2=C(O)C(=C3C=CC(=[N+](CC(=O)OCC(CCCCCC)CCCCCCCC)c4ccccc4)C=C3O)C2=O)c(O)c1. The van der Waals surface area contributed by atoms with Crippen molar-refractivity contribution in [3.63, 3.8) is 0 Å². The highest BCUT2D eigenvalue weighted by Gasteiger charge is 2.40. The van der Waals surface area contributed by atoms with Crippen LogP contribution in [0.4, 0.5) is 17.1 Å². The van der Waals surface area contributed by atoms with Gasteiger partial charge in [0.2, 0.25) is 23.7 Å². The minimum atomic E-state index is -0.545. The lowest BCUT2D eigenvalue weighted by atomic mass is 9.79. The van der Waals surface area contributed by atoms with Gasteiger partial charge < -0.3 is 29.7 Å². The second-order valence-electron chi connectivity index (χ2n) is 20.6. The van der Waals surface area contributed by atoms with Gasteiger partial charge in [-0.2, -0.15) is 4.58 Å². The molecule has 2 aliphatic carbocycles. The Kier molecular flexibility index (Phi) is 26.4. The fourth-order valence-corrected chi connectivity index (χ4v) is 10.1. The van der Waals surface area contributed by atoms with Crippen molar-refractivity contribution in [3.8, 4) is 5.75 Å². The molecular formula is C64H89N2O8+. The van der Waals surface area contributed by atoms with Gasteiger partial charge in [0.1, 0.15) is 23.8 Å². The lowest BCUT2D eigenvalue weighted by molar-refractivity contribution is -0.430. The molecule has 3 N–H and O–H groups in total. The second-order valence-corrected chi connectivity index (χ2v) is 20.6. The molecule has 0 amide bonds. The fraction of sp³-hybridized carbons (Fsp3) is 0.531. The topological polar surface area (TPSA) is 137 Å². The molecule has 10 heteroatoms. The maximum Gasteiger partial charge on any atom is 0.372 e. The molecule has 2 atom stereocenters. The molecule has 0 bridgehead atoms. The van der Waals surface area contributed by atoms with E-state index in [4.69, 9.17) is 9.47 Å². The first kappa shape index (κ1) is 59.0. The molecule has 2 aliphatic rings. The lowest BCUT2D eigenvalue weighted by Crippen LogP contribution is -2.28. The first-order chi connectivity index (χ1) is 36.1. The van der Waals surface area contributed by atoms with Gasteiger partial charge in [-0.05, 0) is 67.9 Å². The summed E-state index contributed by atoms with van der Waals surface area (Å²) >= 11 is 0. The van der Waals surface area contributed by atoms with Gasteiger partial charge in [-0.1, -0.05) is 193 Å². The number of benzene rings is 3. The number of anilines is 2. The molecule has 402 valence electrons. The number of Topliss-reactive ketones (excluding diaryl/α,β-unsaturated/α-hetero) is 1. The summed E-state index contributed by atoms with van der Waals surface area (Å²) in [7, 11) is 0. The van der Waals surface area contributed by atoms with Crippen molar-refractivity contribution >= 4 is 46.1 Å². The molecule has 3 aromatic rings. The molecule has 2 unspecified atom stereocenters. The van der Waals surface area contributed by atoms with Crippen LogP contribution in [0.2, 0.25) is 0 Å². The summed E-state index contributed by atoms with van der Waals surface area (Å²) in [5.41, 5.74) is 2.53. The van der Waals surface area contributed by atoms with Crippen molar-refractivity contribution in [2.75, 3.05) is 31.2 Å². The Morgan fingerprint density at radius 2 is 1.04 bits per heavy atom. The van der Waals surface area contributed by atoms with Crippen molar-refractivity contribution in [3.05, 3.63) is 125 Å². The molecular weight excluding hydrogens is 925 g/mol. The van der Waals surface area contributed by atoms with Crippen molar-refractivity contribution in [2.45, 2.75) is 182 Å². The van der Waals surface area contributed by atoms with E-state index in [9.17, 15) is 29.7 Å². The number of hydrogen-bond acceptors (Lipinski definition) is 9. The largest absolute Gasteiger partial charge is 0.507 e. The molecule has 0 heterocycles. The van der Waals surface area contributed by atoms with Crippen LogP contribution in [0.15, 0.2) is 120 Å². The molecule has 74 heavy (non-hydrogen) atoms. The number of para-hydroxylation sites is 2. The average Bonchev–Trinajstić information content (AvgIpc) is 3.41. The Morgan fingerprint density at radius 1 is 0.554 bits per heavy atom. The van der Waals surface area contributed by atoms with Gasteiger partial charge in [0, 0.05) is 46.8 Å². The van der Waals surface area contributed by atoms with E-state index in [1.54, 1.807) is 33.8 Å². The number of hydrogen-bond donors (Lipinski definition) is 3. The van der Waals surface area contributed by atoms with Crippen molar-refractivity contribution in [1.82, 2.24) is 0 Å². The number of nitrogens with zero attached hydrogens (tertiary/aromatic N) is 2. The average molecular weight is 1010 g/mol. The summed E-state index contributed by atoms with van der Waals surface area (Å²) in [4.78, 5) is 42.9. The van der Waals surface area contributed by atoms with Gasteiger partial charge in [-0.25, -0.2) is 4.79 Å². The Bertz CT molecular complexity index is 2360. The monoisotopic (exact) mass is 1010 g/mol. The summed E-state index contributed by atoms with van der Waals surface area (Å²) < 4.78 is 13.7. The van der Waals surface area contributed by atoms with Crippen molar-refractivity contribution in [2.24, 2.45) is 11.8 Å². The maximum atomic E-state index is 13.9. The van der Waals surface area contributed by atoms with Crippen LogP contribution in [-0.2, 0) is 23.9 Å². The predicted molar refractivity (Wildman–Crippen MR) is 302 cm³/mol. The van der Waals surface area contributed by atoms with Crippen molar-refractivity contribution in [1.29, 1.82) is 0 Å². The number of ketones is 1. The third kappa shape index (κ3) is 18.8. The standard InChI is InChI=1S/C64H88N2O8/c1-5-9-13-17-19-25-33-49(31-23-15-11-7-3)47-73-59(69)45-65(51-35-27-21-28-36-51)53-39-41-55(57(67)43-53)61-63(71)62(64(61)72)56-42-40-54(44-58(56)68)66(52-37-29-22-30-38-52)46-60(70)74-48-50(32-24-16-12-8-4)34-26-20-18-14-10-6-2/h21-22,27-30,35-44,49-50H,5-20,23-26,31-34,45-48H2,1-4H3,(H2,67,68,71,72)/p+1. The number of ether oxygens (including phenoxy) is 2. The molecule has 0 aliphatic heterocycles. The van der Waals surface area contributed by atoms with Crippen LogP contribution in [0.5, 0.6) is 5.75 Å². The minimum Gasteiger partial charge on any atom is -0.507 e. The number of carbonyl (C=O) groups excluding carboxylic acids is 3. The Morgan fingerprint density at radius 3 is 1.54 bits per heavy atom. The zero-order valence-electron chi connectivity index (χ0n) is 45.5. The van der Waals surface area contributed by atoms with Crippen LogP contribution < -0.4 is 4.90 Å². The van der Waals surface area contributed by atoms with Crippen LogP contribution in [0, 0.1) is 11.8 Å². The van der Waals surface area contributed by atoms with Gasteiger partial charge >= 0.3 is 11.9 Å². The third-order valence-electron chi connectivity index (χ3n) is 14.6. The Hall–Kier alpha value is -5.90. The predicted octanol–water partition coefficient (Wildman–Crippen LogP) is 16.2. The smallest absolute Gasteiger partial charge is 0.372 e. The second kappa shape index (κ2) is 33.1. The van der Waals surface area contributed by atoms with Crippen LogP contribution >= 0.6 is 0 Å². The quantitative estimate of drug-likeness (QED) is 0.0225. The molecule has 0 saturated carbocycles. The zero-order valence-corrected chi connectivity index (χ0v) is 45.5. The van der Waals surface area contributed by atoms with Gasteiger partial charge in [0.25, 0.3) is 0 Å². The maximum absolute atomic E-state index is 13.9. The van der Waals surface area contributed by atoms with E-state index in [1.807, 2.05) is 60.7 Å². The number of carbonyl (C=O) groups is 3. The number of allylic oxidation sites excluding steroid dienone is 5. The zero-order chi connectivity index (χ0) is 52.9. The van der Waals surface area contributed by atoms with E-state index in [2.05, 4.69) is 27.7 Å².